The normalized spacial score (nSPS) is 15.3. The highest BCUT2D eigenvalue weighted by Crippen LogP contribution is 2.40. The fourth-order valence-electron chi connectivity index (χ4n) is 9.42. The fraction of sp³-hybridized carbons (Fsp3) is 0.557. The maximum absolute atomic E-state index is 12.6. The summed E-state index contributed by atoms with van der Waals surface area (Å²) in [5.41, 5.74) is 14.6. The summed E-state index contributed by atoms with van der Waals surface area (Å²) >= 11 is 28.0. The van der Waals surface area contributed by atoms with Gasteiger partial charge in [0.15, 0.2) is 22.4 Å². The monoisotopic (exact) mass is 2270 g/mol. The summed E-state index contributed by atoms with van der Waals surface area (Å²) in [6.45, 7) is 59.3. The number of ether oxygens (including phenoxy) is 1. The van der Waals surface area contributed by atoms with Crippen molar-refractivity contribution in [3.63, 3.8) is 0 Å². The second-order valence-corrected chi connectivity index (χ2v) is 58.7. The number of Topliss-reactive ketones (excluding diaryl/α,β-unsaturated/α-hetero) is 1. The standard InChI is InChI=1S/C17H27BrN2O3S.C16H25BrN2OSSi.C15H27BrN2OSi.C13H21BrN2O2S.C11H15BrN2OS.C9H13BrN2O.C7H6BrNO/c1-15(2,3)23-14(21)11-17(7,20-24(22)16(4,5)6)12-9-8-10-13(18)19-12;1-15(2,3)22(5,6)20-11-10-16(4,18-12-21)13-8-7-9-14(17)19-13;1-14(2,3)20(5,6)19-11-10-15(4,17)12-8-7-9-13(16)18-12;1-12(2,3)19(18)16-13(4,8-9-17)10-6-5-7-11(14)15-10;1-8(14-16(15)11(2,3)4)9-6-5-7-10(12)13-9;1-9(11,5-6-13)7-3-2-4-8(10)12-7;1-5(10)6-3-2-4-7(8)9-6/h8-10,20H,11H2,1-7H3;7-9H,10-11H2,1-6H3;7-9H,10-11,17H2,1-6H3;5-7,16-17H,8-9H2,1-4H3;5-7H,1-4H3;2-4,13H,5-6,11H2,1H3;2-4H,1H3/t17-,24+;16-;15-;13-,19+;16-;9-;/m000010./s1. The Labute approximate surface area is 813 Å². The number of ketones is 1. The lowest BCUT2D eigenvalue weighted by molar-refractivity contribution is -0.156. The van der Waals surface area contributed by atoms with E-state index in [0.717, 1.165) is 64.3 Å². The molecule has 692 valence electrons. The van der Waals surface area contributed by atoms with Crippen LogP contribution in [0.5, 0.6) is 0 Å². The zero-order chi connectivity index (χ0) is 95.9. The van der Waals surface area contributed by atoms with Gasteiger partial charge in [-0.1, -0.05) is 84.0 Å². The van der Waals surface area contributed by atoms with Crippen LogP contribution in [-0.4, -0.2) is 143 Å². The Morgan fingerprint density at radius 2 is 0.758 bits per heavy atom. The summed E-state index contributed by atoms with van der Waals surface area (Å²) in [6.07, 6.45) is 2.47. The molecule has 0 aliphatic rings. The average molecular weight is 2280 g/mol. The number of esters is 1. The molecule has 0 aliphatic carbocycles. The second kappa shape index (κ2) is 52.1. The fourth-order valence-corrected chi connectivity index (χ4v) is 16.5. The first-order valence-electron chi connectivity index (χ1n) is 40.1. The molecule has 7 heterocycles. The topological polar surface area (TPSA) is 345 Å². The molecule has 0 saturated heterocycles. The molecule has 8 atom stereocenters. The molecular formula is C88H134Br7N13O10S4Si2. The van der Waals surface area contributed by atoms with Crippen LogP contribution >= 0.6 is 124 Å². The van der Waals surface area contributed by atoms with Crippen molar-refractivity contribution in [3.8, 4) is 0 Å². The molecule has 0 saturated carbocycles. The van der Waals surface area contributed by atoms with E-state index in [2.05, 4.69) is 238 Å². The number of rotatable bonds is 27. The first kappa shape index (κ1) is 119. The molecule has 0 aromatic carbocycles. The zero-order valence-corrected chi connectivity index (χ0v) is 94.0. The van der Waals surface area contributed by atoms with Crippen molar-refractivity contribution in [1.29, 1.82) is 0 Å². The molecule has 23 nitrogen and oxygen atoms in total. The molecule has 0 spiro atoms. The quantitative estimate of drug-likeness (QED) is 0.00695. The van der Waals surface area contributed by atoms with Crippen LogP contribution < -0.4 is 20.9 Å². The summed E-state index contributed by atoms with van der Waals surface area (Å²) in [7, 11) is -7.30. The molecule has 0 aliphatic heterocycles. The summed E-state index contributed by atoms with van der Waals surface area (Å²) in [6, 6.07) is 39.1. The number of nitrogens with one attached hydrogen (secondary N) is 2. The van der Waals surface area contributed by atoms with Crippen molar-refractivity contribution < 1.29 is 46.0 Å². The van der Waals surface area contributed by atoms with Crippen molar-refractivity contribution in [1.82, 2.24) is 44.3 Å². The number of nitrogens with two attached hydrogens (primary N) is 2. The van der Waals surface area contributed by atoms with Crippen molar-refractivity contribution in [2.24, 2.45) is 20.9 Å². The van der Waals surface area contributed by atoms with E-state index in [1.165, 1.54) is 6.92 Å². The van der Waals surface area contributed by atoms with Crippen LogP contribution in [0.4, 0.5) is 0 Å². The Bertz CT molecular complexity index is 4710. The van der Waals surface area contributed by atoms with Gasteiger partial charge in [0.2, 0.25) is 0 Å². The number of isothiocyanates is 1. The van der Waals surface area contributed by atoms with Crippen LogP contribution in [-0.2, 0) is 79.0 Å². The van der Waals surface area contributed by atoms with Gasteiger partial charge in [-0.05, 0) is 389 Å². The maximum Gasteiger partial charge on any atom is 0.308 e. The third kappa shape index (κ3) is 44.2. The Balaban J connectivity index is 0.000000733. The smallest absolute Gasteiger partial charge is 0.308 e. The number of hydrogen-bond donors (Lipinski definition) is 6. The highest BCUT2D eigenvalue weighted by Gasteiger charge is 2.41. The molecule has 0 unspecified atom stereocenters. The lowest BCUT2D eigenvalue weighted by Gasteiger charge is -2.37. The van der Waals surface area contributed by atoms with Crippen LogP contribution in [0.15, 0.2) is 169 Å². The molecule has 8 N–H and O–H groups in total. The number of halogens is 7. The van der Waals surface area contributed by atoms with Crippen LogP contribution in [0, 0.1) is 0 Å². The minimum absolute atomic E-state index is 0.000956. The third-order valence-electron chi connectivity index (χ3n) is 19.3. The summed E-state index contributed by atoms with van der Waals surface area (Å²) in [5.74, 6) is -0.383. The van der Waals surface area contributed by atoms with Gasteiger partial charge < -0.3 is 35.3 Å². The Morgan fingerprint density at radius 3 is 1.09 bits per heavy atom. The van der Waals surface area contributed by atoms with Crippen LogP contribution in [0.1, 0.15) is 250 Å². The summed E-state index contributed by atoms with van der Waals surface area (Å²) < 4.78 is 69.0. The number of nitrogens with zero attached hydrogens (tertiary/aromatic N) is 9. The molecule has 36 heteroatoms. The lowest BCUT2D eigenvalue weighted by atomic mass is 9.94. The molecule has 0 fully saturated rings. The van der Waals surface area contributed by atoms with E-state index in [1.54, 1.807) is 24.3 Å². The number of carbonyl (C=O) groups excluding carboxylic acids is 2. The predicted molar refractivity (Wildman–Crippen MR) is 545 cm³/mol. The first-order valence-corrected chi connectivity index (χ1v) is 55.3. The zero-order valence-electron chi connectivity index (χ0n) is 77.6. The van der Waals surface area contributed by atoms with Crippen LogP contribution in [0.3, 0.4) is 0 Å². The molecule has 7 aromatic heterocycles. The Hall–Kier alpha value is -3.42. The minimum Gasteiger partial charge on any atom is -0.460 e. The first-order chi connectivity index (χ1) is 56.4. The van der Waals surface area contributed by atoms with Crippen LogP contribution in [0.2, 0.25) is 36.3 Å². The van der Waals surface area contributed by atoms with E-state index >= 15 is 0 Å². The van der Waals surface area contributed by atoms with Gasteiger partial charge >= 0.3 is 5.97 Å². The van der Waals surface area contributed by atoms with Crippen molar-refractivity contribution in [2.45, 2.75) is 289 Å². The highest BCUT2D eigenvalue weighted by atomic mass is 79.9. The Morgan fingerprint density at radius 1 is 0.444 bits per heavy atom. The SMILES string of the molecule is CC(=N[S@](=O)C(C)(C)C)c1cccc(Br)n1.CC(=O)c1cccc(Br)n1.CC(C)(C)OC(=O)C[C@](C)(N[S@](=O)C(C)(C)C)c1cccc(Br)n1.CC(C)(C)[S@@](=O)N[C@@](C)(CCO)c1cccc(Br)n1.CC(C)(C)[Si](C)(C)OCC[C@](C)(N)c1cccc(Br)n1.CC(C)(C)[Si](C)(C)OCC[C@](C)(N=C=S)c1cccc(Br)n1.C[C@](N)(CCO)c1cccc(Br)n1. The van der Waals surface area contributed by atoms with Gasteiger partial charge in [-0.2, -0.15) is 4.40 Å². The van der Waals surface area contributed by atoms with E-state index in [4.69, 9.17) is 42.4 Å². The Kier molecular flexibility index (Phi) is 49.9. The number of pyridine rings is 7. The second-order valence-electron chi connectivity index (χ2n) is 37.4. The number of aromatic nitrogens is 7. The summed E-state index contributed by atoms with van der Waals surface area (Å²) in [4.78, 5) is 57.7. The number of aliphatic hydroxyl groups excluding tert-OH is 2. The van der Waals surface area contributed by atoms with Crippen molar-refractivity contribution >= 4 is 196 Å². The highest BCUT2D eigenvalue weighted by molar-refractivity contribution is 9.11. The summed E-state index contributed by atoms with van der Waals surface area (Å²) in [5, 5.41) is 21.0. The third-order valence-corrected chi connectivity index (χ3v) is 36.5. The van der Waals surface area contributed by atoms with Gasteiger partial charge in [-0.25, -0.2) is 62.0 Å². The molecule has 0 amide bonds. The molecular weight excluding hydrogens is 2140 g/mol. The number of hydrogen-bond acceptors (Lipinski definition) is 21. The molecule has 0 radical (unpaired) electrons. The number of carbonyl (C=O) groups is 2. The van der Waals surface area contributed by atoms with Gasteiger partial charge in [-0.3, -0.25) is 9.59 Å². The number of aliphatic imine (C=N–C) groups is 1. The molecule has 7 aromatic rings. The minimum atomic E-state index is -1.76. The van der Waals surface area contributed by atoms with Crippen molar-refractivity contribution in [2.75, 3.05) is 26.4 Å². The van der Waals surface area contributed by atoms with Gasteiger partial charge in [0.25, 0.3) is 0 Å². The van der Waals surface area contributed by atoms with Gasteiger partial charge in [0.1, 0.15) is 60.0 Å². The van der Waals surface area contributed by atoms with E-state index < -0.39 is 87.6 Å². The van der Waals surface area contributed by atoms with E-state index in [1.807, 2.05) is 228 Å². The largest absolute Gasteiger partial charge is 0.460 e. The van der Waals surface area contributed by atoms with E-state index in [0.29, 0.717) is 52.4 Å². The van der Waals surface area contributed by atoms with Gasteiger partial charge in [0.05, 0.1) is 110 Å². The molecule has 0 bridgehead atoms. The number of thiocarbonyl (C=S) groups is 1. The van der Waals surface area contributed by atoms with Crippen LogP contribution in [0.25, 0.3) is 0 Å². The van der Waals surface area contributed by atoms with E-state index in [9.17, 15) is 27.3 Å². The lowest BCUT2D eigenvalue weighted by Crippen LogP contribution is -2.48. The predicted octanol–water partition coefficient (Wildman–Crippen LogP) is 22.9. The van der Waals surface area contributed by atoms with Gasteiger partial charge in [-0.15, -0.1) is 0 Å². The maximum atomic E-state index is 12.6. The molecule has 124 heavy (non-hydrogen) atoms. The average Bonchev–Trinajstić information content (AvgIpc) is 0.805. The van der Waals surface area contributed by atoms with E-state index in [-0.39, 0.29) is 51.0 Å². The number of aliphatic hydroxyl groups is 2. The van der Waals surface area contributed by atoms with Crippen molar-refractivity contribution in [3.05, 3.63) is 199 Å². The molecule has 7 rings (SSSR count). The van der Waals surface area contributed by atoms with Gasteiger partial charge in [0, 0.05) is 39.8 Å².